The molecule has 18 heavy (non-hydrogen) atoms. The number of hydrogen-bond acceptors (Lipinski definition) is 2. The number of rotatable bonds is 3. The van der Waals surface area contributed by atoms with Crippen LogP contribution in [0.1, 0.15) is 23.2 Å². The maximum Gasteiger partial charge on any atom is 0.254 e. The third-order valence-electron chi connectivity index (χ3n) is 2.79. The fourth-order valence-electron chi connectivity index (χ4n) is 1.81. The van der Waals surface area contributed by atoms with Crippen molar-refractivity contribution in [1.82, 2.24) is 5.32 Å². The largest absolute Gasteiger partial charge is 0.376 e. The minimum absolute atomic E-state index is 0.0471. The van der Waals surface area contributed by atoms with Crippen LogP contribution in [0.2, 0.25) is 5.02 Å². The fourth-order valence-corrected chi connectivity index (χ4v) is 1.95. The molecule has 1 saturated heterocycles. The van der Waals surface area contributed by atoms with Crippen LogP contribution in [0.25, 0.3) is 0 Å². The van der Waals surface area contributed by atoms with Gasteiger partial charge in [0.1, 0.15) is 0 Å². The van der Waals surface area contributed by atoms with Crippen molar-refractivity contribution in [2.24, 2.45) is 0 Å². The monoisotopic (exact) mass is 275 g/mol. The van der Waals surface area contributed by atoms with E-state index in [1.807, 2.05) is 0 Å². The van der Waals surface area contributed by atoms with Gasteiger partial charge in [-0.25, -0.2) is 8.78 Å². The zero-order valence-electron chi connectivity index (χ0n) is 9.51. The van der Waals surface area contributed by atoms with E-state index in [2.05, 4.69) is 5.32 Å². The second kappa shape index (κ2) is 5.63. The Hall–Kier alpha value is -1.20. The quantitative estimate of drug-likeness (QED) is 0.861. The maximum atomic E-state index is 13.5. The molecule has 0 aromatic heterocycles. The molecule has 1 amide bonds. The van der Waals surface area contributed by atoms with Crippen LogP contribution < -0.4 is 5.32 Å². The third kappa shape index (κ3) is 2.79. The molecular weight excluding hydrogens is 264 g/mol. The SMILES string of the molecule is O=C(NC[C@@H]1CCCO1)c1ccc(Cl)c(F)c1F. The Morgan fingerprint density at radius 1 is 1.44 bits per heavy atom. The molecule has 1 aliphatic rings. The Bertz CT molecular complexity index is 462. The van der Waals surface area contributed by atoms with E-state index in [0.29, 0.717) is 13.2 Å². The maximum absolute atomic E-state index is 13.5. The molecule has 98 valence electrons. The Kier molecular flexibility index (Phi) is 4.14. The molecule has 1 fully saturated rings. The Morgan fingerprint density at radius 2 is 2.22 bits per heavy atom. The number of carbonyl (C=O) groups excluding carboxylic acids is 1. The number of nitrogens with one attached hydrogen (secondary N) is 1. The van der Waals surface area contributed by atoms with Gasteiger partial charge < -0.3 is 10.1 Å². The summed E-state index contributed by atoms with van der Waals surface area (Å²) in [5.41, 5.74) is -0.352. The van der Waals surface area contributed by atoms with Crippen molar-refractivity contribution < 1.29 is 18.3 Å². The number of benzene rings is 1. The molecule has 0 unspecified atom stereocenters. The summed E-state index contributed by atoms with van der Waals surface area (Å²) >= 11 is 5.40. The van der Waals surface area contributed by atoms with Crippen LogP contribution in [0.15, 0.2) is 12.1 Å². The van der Waals surface area contributed by atoms with Gasteiger partial charge in [-0.15, -0.1) is 0 Å². The van der Waals surface area contributed by atoms with Crippen molar-refractivity contribution >= 4 is 17.5 Å². The molecule has 0 aliphatic carbocycles. The van der Waals surface area contributed by atoms with Crippen LogP contribution in [-0.2, 0) is 4.74 Å². The summed E-state index contributed by atoms with van der Waals surface area (Å²) in [5, 5.41) is 2.17. The van der Waals surface area contributed by atoms with Crippen molar-refractivity contribution in [2.45, 2.75) is 18.9 Å². The summed E-state index contributed by atoms with van der Waals surface area (Å²) < 4.78 is 32.0. The van der Waals surface area contributed by atoms with Gasteiger partial charge >= 0.3 is 0 Å². The van der Waals surface area contributed by atoms with E-state index in [9.17, 15) is 13.6 Å². The molecule has 1 aliphatic heterocycles. The van der Waals surface area contributed by atoms with Gasteiger partial charge in [-0.3, -0.25) is 4.79 Å². The topological polar surface area (TPSA) is 38.3 Å². The second-order valence-electron chi connectivity index (χ2n) is 4.07. The average molecular weight is 276 g/mol. The Morgan fingerprint density at radius 3 is 2.89 bits per heavy atom. The molecule has 1 atom stereocenters. The third-order valence-corrected chi connectivity index (χ3v) is 3.09. The van der Waals surface area contributed by atoms with Crippen molar-refractivity contribution in [1.29, 1.82) is 0 Å². The first-order valence-corrected chi connectivity index (χ1v) is 6.00. The summed E-state index contributed by atoms with van der Waals surface area (Å²) in [6.07, 6.45) is 1.76. The molecule has 1 aromatic carbocycles. The normalized spacial score (nSPS) is 18.9. The van der Waals surface area contributed by atoms with Crippen molar-refractivity contribution in [3.63, 3.8) is 0 Å². The zero-order valence-corrected chi connectivity index (χ0v) is 10.3. The summed E-state index contributed by atoms with van der Waals surface area (Å²) in [4.78, 5) is 11.7. The van der Waals surface area contributed by atoms with E-state index in [4.69, 9.17) is 16.3 Å². The minimum atomic E-state index is -1.23. The lowest BCUT2D eigenvalue weighted by Crippen LogP contribution is -2.32. The van der Waals surface area contributed by atoms with Gasteiger partial charge in [-0.05, 0) is 25.0 Å². The molecule has 3 nitrogen and oxygen atoms in total. The molecule has 0 radical (unpaired) electrons. The van der Waals surface area contributed by atoms with Crippen molar-refractivity contribution in [3.05, 3.63) is 34.4 Å². The van der Waals surface area contributed by atoms with Gasteiger partial charge in [0.25, 0.3) is 5.91 Å². The first-order chi connectivity index (χ1) is 8.59. The summed E-state index contributed by atoms with van der Waals surface area (Å²) in [6, 6.07) is 2.31. The molecule has 0 spiro atoms. The van der Waals surface area contributed by atoms with Crippen LogP contribution in [0, 0.1) is 11.6 Å². The molecule has 1 heterocycles. The van der Waals surface area contributed by atoms with E-state index in [-0.39, 0.29) is 16.7 Å². The Labute approximate surface area is 108 Å². The summed E-state index contributed by atoms with van der Waals surface area (Å²) in [7, 11) is 0. The van der Waals surface area contributed by atoms with Gasteiger partial charge in [-0.1, -0.05) is 11.6 Å². The molecule has 1 N–H and O–H groups in total. The minimum Gasteiger partial charge on any atom is -0.376 e. The van der Waals surface area contributed by atoms with Crippen LogP contribution in [0.5, 0.6) is 0 Å². The van der Waals surface area contributed by atoms with Gasteiger partial charge in [0.05, 0.1) is 16.7 Å². The zero-order chi connectivity index (χ0) is 13.1. The highest BCUT2D eigenvalue weighted by Gasteiger charge is 2.20. The molecule has 1 aromatic rings. The lowest BCUT2D eigenvalue weighted by atomic mass is 10.2. The molecule has 2 rings (SSSR count). The number of hydrogen-bond donors (Lipinski definition) is 1. The standard InChI is InChI=1S/C12H12ClF2NO2/c13-9-4-3-8(10(14)11(9)15)12(17)16-6-7-2-1-5-18-7/h3-4,7H,1-2,5-6H2,(H,16,17)/t7-/m0/s1. The molecule has 0 bridgehead atoms. The van der Waals surface area contributed by atoms with Crippen molar-refractivity contribution in [2.75, 3.05) is 13.2 Å². The van der Waals surface area contributed by atoms with Crippen molar-refractivity contribution in [3.8, 4) is 0 Å². The number of carbonyl (C=O) groups is 1. The molecular formula is C12H12ClF2NO2. The van der Waals surface area contributed by atoms with Crippen LogP contribution in [0.4, 0.5) is 8.78 Å². The van der Waals surface area contributed by atoms with E-state index in [1.54, 1.807) is 0 Å². The van der Waals surface area contributed by atoms with E-state index in [0.717, 1.165) is 25.0 Å². The predicted octanol–water partition coefficient (Wildman–Crippen LogP) is 2.53. The summed E-state index contributed by atoms with van der Waals surface area (Å²) in [5.74, 6) is -3.10. The number of ether oxygens (including phenoxy) is 1. The number of amides is 1. The van der Waals surface area contributed by atoms with E-state index in [1.165, 1.54) is 0 Å². The van der Waals surface area contributed by atoms with Crippen LogP contribution in [0.3, 0.4) is 0 Å². The van der Waals surface area contributed by atoms with Gasteiger partial charge in [0.15, 0.2) is 11.6 Å². The highest BCUT2D eigenvalue weighted by Crippen LogP contribution is 2.20. The van der Waals surface area contributed by atoms with E-state index < -0.39 is 17.5 Å². The predicted molar refractivity (Wildman–Crippen MR) is 62.7 cm³/mol. The first kappa shape index (κ1) is 13.2. The summed E-state index contributed by atoms with van der Waals surface area (Å²) in [6.45, 7) is 0.965. The van der Waals surface area contributed by atoms with Crippen LogP contribution in [-0.4, -0.2) is 25.2 Å². The van der Waals surface area contributed by atoms with E-state index >= 15 is 0 Å². The first-order valence-electron chi connectivity index (χ1n) is 5.63. The Balaban J connectivity index is 2.02. The highest BCUT2D eigenvalue weighted by molar-refractivity contribution is 6.30. The highest BCUT2D eigenvalue weighted by atomic mass is 35.5. The molecule has 6 heteroatoms. The lowest BCUT2D eigenvalue weighted by molar-refractivity contribution is 0.0853. The van der Waals surface area contributed by atoms with Gasteiger partial charge in [-0.2, -0.15) is 0 Å². The molecule has 0 saturated carbocycles. The lowest BCUT2D eigenvalue weighted by Gasteiger charge is -2.11. The van der Waals surface area contributed by atoms with Gasteiger partial charge in [0, 0.05) is 13.2 Å². The fraction of sp³-hybridized carbons (Fsp3) is 0.417. The smallest absolute Gasteiger partial charge is 0.254 e. The second-order valence-corrected chi connectivity index (χ2v) is 4.48. The number of halogens is 3. The van der Waals surface area contributed by atoms with Gasteiger partial charge in [0.2, 0.25) is 0 Å². The average Bonchev–Trinajstić information content (AvgIpc) is 2.86. The van der Waals surface area contributed by atoms with Crippen LogP contribution >= 0.6 is 11.6 Å².